The van der Waals surface area contributed by atoms with E-state index in [0.29, 0.717) is 28.2 Å². The Bertz CT molecular complexity index is 1380. The Morgan fingerprint density at radius 1 is 1.03 bits per heavy atom. The Labute approximate surface area is 190 Å². The second-order valence-electron chi connectivity index (χ2n) is 7.17. The lowest BCUT2D eigenvalue weighted by molar-refractivity contribution is 0.550. The van der Waals surface area contributed by atoms with Gasteiger partial charge in [0.05, 0.1) is 21.7 Å². The number of nitrogens with one attached hydrogen (secondary N) is 1. The van der Waals surface area contributed by atoms with E-state index >= 15 is 0 Å². The van der Waals surface area contributed by atoms with E-state index in [-0.39, 0.29) is 15.8 Å². The molecule has 1 N–H and O–H groups in total. The zero-order valence-corrected chi connectivity index (χ0v) is 19.2. The Balaban J connectivity index is 1.66. The Kier molecular flexibility index (Phi) is 6.29. The molecule has 0 amide bonds. The molecule has 0 aliphatic rings. The number of halogens is 1. The van der Waals surface area contributed by atoms with Crippen LogP contribution in [0.15, 0.2) is 82.5 Å². The van der Waals surface area contributed by atoms with Crippen molar-refractivity contribution in [1.29, 1.82) is 0 Å². The second kappa shape index (κ2) is 8.96. The fourth-order valence-corrected chi connectivity index (χ4v) is 6.02. The summed E-state index contributed by atoms with van der Waals surface area (Å²) in [5, 5.41) is 0.587. The largest absolute Gasteiger partial charge is 0.308 e. The maximum absolute atomic E-state index is 13.0. The number of hydrogen-bond donors (Lipinski definition) is 1. The molecule has 3 aromatic carbocycles. The van der Waals surface area contributed by atoms with Gasteiger partial charge in [-0.3, -0.25) is 9.36 Å². The normalized spacial score (nSPS) is 12.8. The lowest BCUT2D eigenvalue weighted by Gasteiger charge is -2.17. The Morgan fingerprint density at radius 3 is 2.45 bits per heavy atom. The molecule has 0 bridgehead atoms. The maximum atomic E-state index is 13.0. The van der Waals surface area contributed by atoms with E-state index in [1.807, 2.05) is 55.5 Å². The van der Waals surface area contributed by atoms with E-state index in [4.69, 9.17) is 11.6 Å². The molecule has 5 nitrogen and oxygen atoms in total. The summed E-state index contributed by atoms with van der Waals surface area (Å²) in [7, 11) is -3.76. The maximum Gasteiger partial charge on any atom is 0.308 e. The van der Waals surface area contributed by atoms with Crippen LogP contribution in [0.25, 0.3) is 10.2 Å². The van der Waals surface area contributed by atoms with Crippen molar-refractivity contribution in [2.75, 3.05) is 0 Å². The van der Waals surface area contributed by atoms with E-state index in [0.717, 1.165) is 22.5 Å². The molecule has 160 valence electrons. The third kappa shape index (κ3) is 4.60. The van der Waals surface area contributed by atoms with Crippen molar-refractivity contribution in [3.63, 3.8) is 0 Å². The zero-order chi connectivity index (χ0) is 22.0. The molecular weight excluding hydrogens is 452 g/mol. The molecule has 4 rings (SSSR count). The summed E-state index contributed by atoms with van der Waals surface area (Å²) in [5.41, 5.74) is 2.42. The molecule has 4 aromatic rings. The van der Waals surface area contributed by atoms with Crippen LogP contribution >= 0.6 is 22.9 Å². The molecular formula is C23H21ClN2O3S2. The van der Waals surface area contributed by atoms with Gasteiger partial charge in [-0.2, -0.15) is 0 Å². The van der Waals surface area contributed by atoms with Gasteiger partial charge in [0, 0.05) is 11.1 Å². The van der Waals surface area contributed by atoms with Crippen LogP contribution in [0, 0.1) is 0 Å². The highest BCUT2D eigenvalue weighted by Crippen LogP contribution is 2.26. The van der Waals surface area contributed by atoms with Gasteiger partial charge in [-0.25, -0.2) is 13.1 Å². The molecule has 1 atom stereocenters. The molecule has 1 heterocycles. The number of sulfonamides is 1. The van der Waals surface area contributed by atoms with Crippen LogP contribution in [0.3, 0.4) is 0 Å². The van der Waals surface area contributed by atoms with Crippen molar-refractivity contribution in [3.05, 3.63) is 98.6 Å². The van der Waals surface area contributed by atoms with Crippen molar-refractivity contribution in [2.45, 2.75) is 30.8 Å². The first-order chi connectivity index (χ1) is 14.9. The van der Waals surface area contributed by atoms with Crippen molar-refractivity contribution < 1.29 is 8.42 Å². The molecule has 0 saturated carbocycles. The van der Waals surface area contributed by atoms with Gasteiger partial charge in [0.1, 0.15) is 0 Å². The highest BCUT2D eigenvalue weighted by atomic mass is 35.5. The Hall–Kier alpha value is -2.45. The van der Waals surface area contributed by atoms with Gasteiger partial charge in [0.25, 0.3) is 0 Å². The van der Waals surface area contributed by atoms with Crippen LogP contribution in [0.1, 0.15) is 30.5 Å². The molecule has 0 aliphatic heterocycles. The van der Waals surface area contributed by atoms with Gasteiger partial charge in [-0.1, -0.05) is 78.4 Å². The third-order valence-corrected chi connectivity index (χ3v) is 7.92. The minimum atomic E-state index is -3.76. The fourth-order valence-electron chi connectivity index (χ4n) is 3.49. The highest BCUT2D eigenvalue weighted by Gasteiger charge is 2.21. The van der Waals surface area contributed by atoms with Crippen LogP contribution in [0.4, 0.5) is 0 Å². The van der Waals surface area contributed by atoms with E-state index in [9.17, 15) is 13.2 Å². The summed E-state index contributed by atoms with van der Waals surface area (Å²) in [6, 6.07) is 21.3. The first kappa shape index (κ1) is 21.8. The topological polar surface area (TPSA) is 68.2 Å². The molecule has 8 heteroatoms. The molecule has 31 heavy (non-hydrogen) atoms. The lowest BCUT2D eigenvalue weighted by Crippen LogP contribution is -2.28. The minimum absolute atomic E-state index is 0.139. The van der Waals surface area contributed by atoms with Crippen molar-refractivity contribution in [2.24, 2.45) is 0 Å². The van der Waals surface area contributed by atoms with Crippen molar-refractivity contribution >= 4 is 43.2 Å². The van der Waals surface area contributed by atoms with Gasteiger partial charge < -0.3 is 0 Å². The predicted molar refractivity (Wildman–Crippen MR) is 126 cm³/mol. The third-order valence-electron chi connectivity index (χ3n) is 5.14. The van der Waals surface area contributed by atoms with Crippen LogP contribution < -0.4 is 9.60 Å². The van der Waals surface area contributed by atoms with Gasteiger partial charge in [0.15, 0.2) is 0 Å². The number of thiazole rings is 1. The number of fused-ring (bicyclic) bond motifs is 1. The van der Waals surface area contributed by atoms with Crippen molar-refractivity contribution in [1.82, 2.24) is 9.29 Å². The minimum Gasteiger partial charge on any atom is -0.294 e. The first-order valence-electron chi connectivity index (χ1n) is 9.83. The molecule has 1 aromatic heterocycles. The molecule has 0 spiro atoms. The van der Waals surface area contributed by atoms with Crippen LogP contribution in [-0.2, 0) is 16.6 Å². The summed E-state index contributed by atoms with van der Waals surface area (Å²) in [6.07, 6.45) is 0.618. The molecule has 0 saturated heterocycles. The van der Waals surface area contributed by atoms with Gasteiger partial charge in [-0.05, 0) is 41.8 Å². The monoisotopic (exact) mass is 472 g/mol. The first-order valence-corrected chi connectivity index (χ1v) is 12.5. The lowest BCUT2D eigenvalue weighted by atomic mass is 10.1. The smallest absolute Gasteiger partial charge is 0.294 e. The summed E-state index contributed by atoms with van der Waals surface area (Å²) >= 11 is 7.27. The number of rotatable bonds is 7. The summed E-state index contributed by atoms with van der Waals surface area (Å²) in [6.45, 7) is 2.26. The van der Waals surface area contributed by atoms with Crippen LogP contribution in [-0.4, -0.2) is 13.0 Å². The molecule has 0 fully saturated rings. The zero-order valence-electron chi connectivity index (χ0n) is 16.8. The van der Waals surface area contributed by atoms with Gasteiger partial charge in [-0.15, -0.1) is 0 Å². The molecule has 0 unspecified atom stereocenters. The number of benzene rings is 3. The quantitative estimate of drug-likeness (QED) is 0.402. The van der Waals surface area contributed by atoms with E-state index in [1.54, 1.807) is 22.8 Å². The van der Waals surface area contributed by atoms with Gasteiger partial charge >= 0.3 is 4.87 Å². The summed E-state index contributed by atoms with van der Waals surface area (Å²) in [4.78, 5) is 12.6. The van der Waals surface area contributed by atoms with Crippen LogP contribution in [0.5, 0.6) is 0 Å². The number of aromatic nitrogens is 1. The number of hydrogen-bond acceptors (Lipinski definition) is 4. The van der Waals surface area contributed by atoms with E-state index in [1.165, 1.54) is 6.07 Å². The Morgan fingerprint density at radius 2 is 1.74 bits per heavy atom. The standard InChI is InChI=1S/C23H21ClN2O3S2/c1-2-20(16-8-4-3-5-9-16)25-31(28,29)18-12-13-21-22(14-18)30-23(27)26(21)15-17-10-6-7-11-19(17)24/h3-14,20,25H,2,15H2,1H3/t20-/m1/s1. The predicted octanol–water partition coefficient (Wildman–Crippen LogP) is 5.19. The molecule has 0 radical (unpaired) electrons. The fraction of sp³-hybridized carbons (Fsp3) is 0.174. The average molecular weight is 473 g/mol. The van der Waals surface area contributed by atoms with E-state index in [2.05, 4.69) is 4.72 Å². The van der Waals surface area contributed by atoms with Crippen LogP contribution in [0.2, 0.25) is 5.02 Å². The number of nitrogens with zero attached hydrogens (tertiary/aromatic N) is 1. The second-order valence-corrected chi connectivity index (χ2v) is 10.3. The average Bonchev–Trinajstić information content (AvgIpc) is 3.08. The summed E-state index contributed by atoms with van der Waals surface area (Å²) in [5.74, 6) is 0. The van der Waals surface area contributed by atoms with Gasteiger partial charge in [0.2, 0.25) is 10.0 Å². The highest BCUT2D eigenvalue weighted by molar-refractivity contribution is 7.89. The molecule has 0 aliphatic carbocycles. The van der Waals surface area contributed by atoms with E-state index < -0.39 is 10.0 Å². The SMILES string of the molecule is CC[C@@H](NS(=O)(=O)c1ccc2c(c1)sc(=O)n2Cc1ccccc1Cl)c1ccccc1. The summed E-state index contributed by atoms with van der Waals surface area (Å²) < 4.78 is 31.1. The van der Waals surface area contributed by atoms with Crippen molar-refractivity contribution in [3.8, 4) is 0 Å².